The molecule has 0 saturated carbocycles. The maximum absolute atomic E-state index is 13.2. The molecule has 1 heterocycles. The predicted octanol–water partition coefficient (Wildman–Crippen LogP) is 4.15. The third-order valence-corrected chi connectivity index (χ3v) is 6.15. The molecule has 0 aromatic heterocycles. The monoisotopic (exact) mass is 481 g/mol. The first-order valence-corrected chi connectivity index (χ1v) is 11.8. The first kappa shape index (κ1) is 25.9. The Morgan fingerprint density at radius 1 is 1.11 bits per heavy atom. The minimum absolute atomic E-state index is 0.0414. The minimum atomic E-state index is -0.858. The minimum Gasteiger partial charge on any atom is -0.507 e. The van der Waals surface area contributed by atoms with E-state index in [1.54, 1.807) is 24.3 Å². The molecule has 186 valence electrons. The van der Waals surface area contributed by atoms with Crippen LogP contribution in [0.1, 0.15) is 44.4 Å². The zero-order valence-corrected chi connectivity index (χ0v) is 20.3. The fourth-order valence-corrected chi connectivity index (χ4v) is 4.30. The van der Waals surface area contributed by atoms with E-state index in [4.69, 9.17) is 4.74 Å². The quantitative estimate of drug-likeness (QED) is 0.169. The van der Waals surface area contributed by atoms with E-state index in [9.17, 15) is 24.8 Å². The van der Waals surface area contributed by atoms with Gasteiger partial charge < -0.3 is 19.6 Å². The molecular formula is C26H31N3O6. The highest BCUT2D eigenvalue weighted by Crippen LogP contribution is 2.40. The van der Waals surface area contributed by atoms with E-state index >= 15 is 0 Å². The number of hydrogen-bond acceptors (Lipinski definition) is 7. The Balaban J connectivity index is 2.05. The number of ketones is 1. The number of carbonyl (C=O) groups is 2. The summed E-state index contributed by atoms with van der Waals surface area (Å²) in [4.78, 5) is 40.5. The largest absolute Gasteiger partial charge is 0.507 e. The number of aliphatic hydroxyl groups excluding tert-OH is 1. The Bertz CT molecular complexity index is 1110. The Morgan fingerprint density at radius 2 is 1.80 bits per heavy atom. The standard InChI is InChI=1S/C26H31N3O6/c1-4-27(5-2)15-8-16-28-23(18-11-13-20(14-12-18)29(33)34)22(25(31)26(28)32)24(30)19-9-7-10-21(17-19)35-6-3/h7,9-14,17,23,30H,4-6,8,15-16H2,1-3H3. The molecule has 2 aromatic carbocycles. The number of carbonyl (C=O) groups excluding carboxylic acids is 2. The highest BCUT2D eigenvalue weighted by molar-refractivity contribution is 6.46. The second kappa shape index (κ2) is 11.6. The molecule has 1 amide bonds. The lowest BCUT2D eigenvalue weighted by Gasteiger charge is -2.26. The van der Waals surface area contributed by atoms with Crippen LogP contribution in [0.4, 0.5) is 5.69 Å². The number of hydrogen-bond donors (Lipinski definition) is 1. The van der Waals surface area contributed by atoms with Gasteiger partial charge in [0, 0.05) is 24.2 Å². The van der Waals surface area contributed by atoms with Crippen molar-refractivity contribution >= 4 is 23.1 Å². The van der Waals surface area contributed by atoms with Gasteiger partial charge in [0.05, 0.1) is 23.1 Å². The molecule has 35 heavy (non-hydrogen) atoms. The molecule has 9 nitrogen and oxygen atoms in total. The number of ether oxygens (including phenoxy) is 1. The summed E-state index contributed by atoms with van der Waals surface area (Å²) in [6.45, 7) is 9.19. The molecule has 0 spiro atoms. The summed E-state index contributed by atoms with van der Waals surface area (Å²) in [5.41, 5.74) is 0.723. The molecule has 0 aliphatic carbocycles. The lowest BCUT2D eigenvalue weighted by Crippen LogP contribution is -2.33. The van der Waals surface area contributed by atoms with E-state index in [0.717, 1.165) is 19.6 Å². The van der Waals surface area contributed by atoms with Crippen molar-refractivity contribution < 1.29 is 24.4 Å². The zero-order valence-electron chi connectivity index (χ0n) is 20.3. The summed E-state index contributed by atoms with van der Waals surface area (Å²) < 4.78 is 5.51. The Hall–Kier alpha value is -3.72. The number of nitro benzene ring substituents is 1. The summed E-state index contributed by atoms with van der Waals surface area (Å²) in [5, 5.41) is 22.3. The number of aliphatic hydroxyl groups is 1. The topological polar surface area (TPSA) is 113 Å². The molecule has 0 radical (unpaired) electrons. The van der Waals surface area contributed by atoms with E-state index in [1.807, 2.05) is 6.92 Å². The SMILES string of the molecule is CCOc1cccc(C(O)=C2C(=O)C(=O)N(CCCN(CC)CC)C2c2ccc([N+](=O)[O-])cc2)c1. The highest BCUT2D eigenvalue weighted by atomic mass is 16.6. The summed E-state index contributed by atoms with van der Waals surface area (Å²) in [5.74, 6) is -1.26. The number of amides is 1. The van der Waals surface area contributed by atoms with Gasteiger partial charge in [-0.15, -0.1) is 0 Å². The van der Waals surface area contributed by atoms with Crippen LogP contribution in [0.15, 0.2) is 54.1 Å². The number of rotatable bonds is 11. The Kier molecular flexibility index (Phi) is 8.59. The molecule has 1 saturated heterocycles. The van der Waals surface area contributed by atoms with Crippen molar-refractivity contribution in [2.45, 2.75) is 33.2 Å². The molecule has 3 rings (SSSR count). The molecular weight excluding hydrogens is 450 g/mol. The zero-order chi connectivity index (χ0) is 25.5. The van der Waals surface area contributed by atoms with Gasteiger partial charge >= 0.3 is 0 Å². The average molecular weight is 482 g/mol. The van der Waals surface area contributed by atoms with Crippen LogP contribution in [0.2, 0.25) is 0 Å². The maximum atomic E-state index is 13.2. The van der Waals surface area contributed by atoms with Gasteiger partial charge in [0.1, 0.15) is 11.5 Å². The summed E-state index contributed by atoms with van der Waals surface area (Å²) in [7, 11) is 0. The second-order valence-electron chi connectivity index (χ2n) is 8.18. The smallest absolute Gasteiger partial charge is 0.295 e. The number of likely N-dealkylation sites (tertiary alicyclic amines) is 1. The molecule has 1 aliphatic heterocycles. The fraction of sp³-hybridized carbons (Fsp3) is 0.385. The molecule has 2 aromatic rings. The first-order chi connectivity index (χ1) is 16.8. The van der Waals surface area contributed by atoms with Crippen molar-refractivity contribution in [1.82, 2.24) is 9.80 Å². The molecule has 0 bridgehead atoms. The van der Waals surface area contributed by atoms with Gasteiger partial charge in [-0.1, -0.05) is 26.0 Å². The number of non-ortho nitro benzene ring substituents is 1. The van der Waals surface area contributed by atoms with Crippen LogP contribution in [-0.4, -0.2) is 64.3 Å². The summed E-state index contributed by atoms with van der Waals surface area (Å²) in [6.07, 6.45) is 0.637. The number of benzene rings is 2. The van der Waals surface area contributed by atoms with Crippen LogP contribution in [0, 0.1) is 10.1 Å². The van der Waals surface area contributed by atoms with Gasteiger partial charge in [0.15, 0.2) is 0 Å². The van der Waals surface area contributed by atoms with E-state index in [1.165, 1.54) is 29.2 Å². The van der Waals surface area contributed by atoms with Crippen LogP contribution >= 0.6 is 0 Å². The molecule has 1 aliphatic rings. The van der Waals surface area contributed by atoms with Crippen LogP contribution in [0.3, 0.4) is 0 Å². The first-order valence-electron chi connectivity index (χ1n) is 11.8. The fourth-order valence-electron chi connectivity index (χ4n) is 4.30. The molecule has 9 heteroatoms. The number of Topliss-reactive ketones (excluding diaryl/α,β-unsaturated/α-hetero) is 1. The van der Waals surface area contributed by atoms with Crippen LogP contribution in [0.25, 0.3) is 5.76 Å². The van der Waals surface area contributed by atoms with Gasteiger partial charge in [-0.2, -0.15) is 0 Å². The van der Waals surface area contributed by atoms with E-state index in [2.05, 4.69) is 18.7 Å². The van der Waals surface area contributed by atoms with Crippen molar-refractivity contribution in [3.8, 4) is 5.75 Å². The van der Waals surface area contributed by atoms with Gasteiger partial charge in [0.25, 0.3) is 17.4 Å². The van der Waals surface area contributed by atoms with Gasteiger partial charge in [-0.25, -0.2) is 0 Å². The van der Waals surface area contributed by atoms with Gasteiger partial charge in [-0.05, 0) is 62.8 Å². The number of nitrogens with zero attached hydrogens (tertiary/aromatic N) is 3. The van der Waals surface area contributed by atoms with Gasteiger partial charge in [-0.3, -0.25) is 19.7 Å². The lowest BCUT2D eigenvalue weighted by atomic mass is 9.95. The highest BCUT2D eigenvalue weighted by Gasteiger charge is 2.45. The summed E-state index contributed by atoms with van der Waals surface area (Å²) in [6, 6.07) is 11.5. The van der Waals surface area contributed by atoms with Crippen molar-refractivity contribution in [3.05, 3.63) is 75.3 Å². The number of nitro groups is 1. The second-order valence-corrected chi connectivity index (χ2v) is 8.18. The third-order valence-electron chi connectivity index (χ3n) is 6.15. The summed E-state index contributed by atoms with van der Waals surface area (Å²) >= 11 is 0. The van der Waals surface area contributed by atoms with Gasteiger partial charge in [0.2, 0.25) is 0 Å². The maximum Gasteiger partial charge on any atom is 0.295 e. The van der Waals surface area contributed by atoms with E-state index in [-0.39, 0.29) is 17.0 Å². The molecule has 1 atom stereocenters. The van der Waals surface area contributed by atoms with Crippen molar-refractivity contribution in [3.63, 3.8) is 0 Å². The van der Waals surface area contributed by atoms with Crippen molar-refractivity contribution in [2.75, 3.05) is 32.8 Å². The lowest BCUT2D eigenvalue weighted by molar-refractivity contribution is -0.384. The van der Waals surface area contributed by atoms with Crippen molar-refractivity contribution in [2.24, 2.45) is 0 Å². The van der Waals surface area contributed by atoms with Crippen LogP contribution in [0.5, 0.6) is 5.75 Å². The van der Waals surface area contributed by atoms with Crippen molar-refractivity contribution in [1.29, 1.82) is 0 Å². The Morgan fingerprint density at radius 3 is 2.40 bits per heavy atom. The third kappa shape index (κ3) is 5.68. The normalized spacial score (nSPS) is 17.3. The van der Waals surface area contributed by atoms with E-state index < -0.39 is 22.7 Å². The molecule has 1 fully saturated rings. The predicted molar refractivity (Wildman–Crippen MR) is 132 cm³/mol. The molecule has 1 N–H and O–H groups in total. The van der Waals surface area contributed by atoms with Crippen LogP contribution in [-0.2, 0) is 9.59 Å². The average Bonchev–Trinajstić information content (AvgIpc) is 3.11. The van der Waals surface area contributed by atoms with Crippen LogP contribution < -0.4 is 4.74 Å². The Labute approximate surface area is 204 Å². The van der Waals surface area contributed by atoms with E-state index in [0.29, 0.717) is 36.4 Å². The molecule has 1 unspecified atom stereocenters.